The van der Waals surface area contributed by atoms with E-state index in [2.05, 4.69) is 26.1 Å². The maximum absolute atomic E-state index is 4.01. The van der Waals surface area contributed by atoms with Crippen LogP contribution in [0.3, 0.4) is 0 Å². The molecule has 0 aliphatic heterocycles. The summed E-state index contributed by atoms with van der Waals surface area (Å²) in [6, 6.07) is 0. The standard InChI is InChI=1S/C6H14N.V/c1-6(2,3)5-7-4;/h5H2,1-4H3;/q-1;. The maximum atomic E-state index is 4.01. The molecule has 0 heterocycles. The summed E-state index contributed by atoms with van der Waals surface area (Å²) in [5.74, 6) is 0. The predicted molar refractivity (Wildman–Crippen MR) is 33.6 cm³/mol. The molecule has 8 heavy (non-hydrogen) atoms. The smallest absolute Gasteiger partial charge is 0 e. The number of hydrogen-bond donors (Lipinski definition) is 0. The van der Waals surface area contributed by atoms with Gasteiger partial charge in [0, 0.05) is 18.6 Å². The van der Waals surface area contributed by atoms with E-state index in [9.17, 15) is 0 Å². The molecule has 0 amide bonds. The molecular weight excluding hydrogens is 137 g/mol. The summed E-state index contributed by atoms with van der Waals surface area (Å²) in [7, 11) is 1.85. The van der Waals surface area contributed by atoms with Gasteiger partial charge < -0.3 is 5.32 Å². The second kappa shape index (κ2) is 4.43. The van der Waals surface area contributed by atoms with Crippen LogP contribution in [0, 0.1) is 5.41 Å². The van der Waals surface area contributed by atoms with Gasteiger partial charge in [0.1, 0.15) is 0 Å². The van der Waals surface area contributed by atoms with Crippen LogP contribution in [0.25, 0.3) is 5.32 Å². The number of nitrogens with zero attached hydrogens (tertiary/aromatic N) is 1. The van der Waals surface area contributed by atoms with Crippen molar-refractivity contribution in [3.05, 3.63) is 5.32 Å². The van der Waals surface area contributed by atoms with Gasteiger partial charge in [0.25, 0.3) is 0 Å². The van der Waals surface area contributed by atoms with Crippen molar-refractivity contribution in [1.29, 1.82) is 0 Å². The Morgan fingerprint density at radius 3 is 1.62 bits per heavy atom. The van der Waals surface area contributed by atoms with E-state index in [1.807, 2.05) is 7.05 Å². The minimum absolute atomic E-state index is 0. The van der Waals surface area contributed by atoms with Gasteiger partial charge in [0.05, 0.1) is 0 Å². The van der Waals surface area contributed by atoms with Gasteiger partial charge in [-0.1, -0.05) is 26.2 Å². The molecule has 0 aliphatic carbocycles. The molecule has 0 saturated heterocycles. The molecule has 0 saturated carbocycles. The molecule has 0 aromatic heterocycles. The van der Waals surface area contributed by atoms with Gasteiger partial charge in [0.15, 0.2) is 0 Å². The van der Waals surface area contributed by atoms with E-state index >= 15 is 0 Å². The summed E-state index contributed by atoms with van der Waals surface area (Å²) >= 11 is 0. The van der Waals surface area contributed by atoms with Crippen molar-refractivity contribution in [3.8, 4) is 0 Å². The molecule has 0 fully saturated rings. The molecule has 1 nitrogen and oxygen atoms in total. The summed E-state index contributed by atoms with van der Waals surface area (Å²) in [6.45, 7) is 7.51. The van der Waals surface area contributed by atoms with Crippen LogP contribution in [0.5, 0.6) is 0 Å². The van der Waals surface area contributed by atoms with E-state index in [4.69, 9.17) is 0 Å². The van der Waals surface area contributed by atoms with Crippen LogP contribution in [-0.2, 0) is 18.6 Å². The Bertz CT molecular complexity index is 47.0. The number of rotatable bonds is 1. The van der Waals surface area contributed by atoms with Crippen LogP contribution in [0.1, 0.15) is 20.8 Å². The molecule has 0 N–H and O–H groups in total. The number of hydrogen-bond acceptors (Lipinski definition) is 0. The molecular formula is C6H14NV-. The molecule has 0 aromatic rings. The van der Waals surface area contributed by atoms with Crippen molar-refractivity contribution in [2.75, 3.05) is 13.6 Å². The van der Waals surface area contributed by atoms with Crippen LogP contribution in [-0.4, -0.2) is 13.6 Å². The summed E-state index contributed by atoms with van der Waals surface area (Å²) < 4.78 is 0. The Morgan fingerprint density at radius 2 is 1.62 bits per heavy atom. The first kappa shape index (κ1) is 11.4. The van der Waals surface area contributed by atoms with Crippen molar-refractivity contribution in [2.24, 2.45) is 5.41 Å². The monoisotopic (exact) mass is 151 g/mol. The van der Waals surface area contributed by atoms with Gasteiger partial charge in [-0.3, -0.25) is 0 Å². The van der Waals surface area contributed by atoms with Crippen molar-refractivity contribution in [3.63, 3.8) is 0 Å². The fourth-order valence-electron chi connectivity index (χ4n) is 0.474. The van der Waals surface area contributed by atoms with E-state index in [0.29, 0.717) is 5.41 Å². The quantitative estimate of drug-likeness (QED) is 0.544. The average Bonchev–Trinajstić information content (AvgIpc) is 1.30. The Morgan fingerprint density at radius 1 is 1.25 bits per heavy atom. The third-order valence-corrected chi connectivity index (χ3v) is 0.632. The van der Waals surface area contributed by atoms with Gasteiger partial charge in [-0.25, -0.2) is 0 Å². The molecule has 0 spiro atoms. The third kappa shape index (κ3) is 9.74. The van der Waals surface area contributed by atoms with Crippen LogP contribution < -0.4 is 0 Å². The molecule has 0 bridgehead atoms. The minimum Gasteiger partial charge on any atom is -0.665 e. The van der Waals surface area contributed by atoms with E-state index in [1.165, 1.54) is 0 Å². The fourth-order valence-corrected chi connectivity index (χ4v) is 0.474. The van der Waals surface area contributed by atoms with Crippen molar-refractivity contribution in [2.45, 2.75) is 20.8 Å². The van der Waals surface area contributed by atoms with E-state index in [-0.39, 0.29) is 18.6 Å². The van der Waals surface area contributed by atoms with Gasteiger partial charge >= 0.3 is 0 Å². The summed E-state index contributed by atoms with van der Waals surface area (Å²) in [4.78, 5) is 0. The zero-order valence-electron chi connectivity index (χ0n) is 6.10. The molecule has 1 radical (unpaired) electrons. The maximum Gasteiger partial charge on any atom is 0 e. The third-order valence-electron chi connectivity index (χ3n) is 0.632. The normalized spacial score (nSPS) is 10.5. The summed E-state index contributed by atoms with van der Waals surface area (Å²) in [5.41, 5.74) is 0.384. The Hall–Kier alpha value is 0.544. The summed E-state index contributed by atoms with van der Waals surface area (Å²) in [6.07, 6.45) is 0. The van der Waals surface area contributed by atoms with Crippen molar-refractivity contribution in [1.82, 2.24) is 0 Å². The minimum atomic E-state index is 0. The molecule has 0 atom stereocenters. The van der Waals surface area contributed by atoms with Gasteiger partial charge in [-0.05, 0) is 0 Å². The first-order valence-electron chi connectivity index (χ1n) is 2.62. The van der Waals surface area contributed by atoms with E-state index < -0.39 is 0 Å². The topological polar surface area (TPSA) is 14.1 Å². The fraction of sp³-hybridized carbons (Fsp3) is 1.00. The Labute approximate surface area is 64.1 Å². The van der Waals surface area contributed by atoms with Crippen molar-refractivity contribution >= 4 is 0 Å². The van der Waals surface area contributed by atoms with Crippen LogP contribution in [0.15, 0.2) is 0 Å². The zero-order chi connectivity index (χ0) is 5.91. The molecule has 0 aromatic carbocycles. The Balaban J connectivity index is 0. The zero-order valence-corrected chi connectivity index (χ0v) is 7.50. The van der Waals surface area contributed by atoms with Gasteiger partial charge in [-0.15, -0.1) is 6.54 Å². The Kier molecular flexibility index (Phi) is 6.28. The van der Waals surface area contributed by atoms with Gasteiger partial charge in [0.2, 0.25) is 0 Å². The predicted octanol–water partition coefficient (Wildman–Crippen LogP) is 2.03. The molecule has 2 heteroatoms. The largest absolute Gasteiger partial charge is 0.665 e. The average molecular weight is 151 g/mol. The SMILES string of the molecule is C[N-]CC(C)(C)C.[V]. The van der Waals surface area contributed by atoms with E-state index in [1.54, 1.807) is 0 Å². The van der Waals surface area contributed by atoms with E-state index in [0.717, 1.165) is 6.54 Å². The van der Waals surface area contributed by atoms with Crippen LogP contribution >= 0.6 is 0 Å². The second-order valence-electron chi connectivity index (χ2n) is 3.04. The van der Waals surface area contributed by atoms with Gasteiger partial charge in [-0.2, -0.15) is 7.05 Å². The van der Waals surface area contributed by atoms with Crippen LogP contribution in [0.2, 0.25) is 0 Å². The molecule has 49 valence electrons. The molecule has 0 rings (SSSR count). The molecule has 0 aliphatic rings. The summed E-state index contributed by atoms with van der Waals surface area (Å²) in [5, 5.41) is 4.01. The first-order chi connectivity index (χ1) is 3.06. The first-order valence-corrected chi connectivity index (χ1v) is 2.62. The van der Waals surface area contributed by atoms with Crippen molar-refractivity contribution < 1.29 is 18.6 Å². The van der Waals surface area contributed by atoms with Crippen LogP contribution in [0.4, 0.5) is 0 Å². The molecule has 0 unspecified atom stereocenters. The second-order valence-corrected chi connectivity index (χ2v) is 3.04.